The molecule has 16 heavy (non-hydrogen) atoms. The number of carbonyl (C=O) groups excluding carboxylic acids is 2. The number of amides is 2. The molecule has 1 aliphatic rings. The van der Waals surface area contributed by atoms with Crippen molar-refractivity contribution in [3.8, 4) is 0 Å². The summed E-state index contributed by atoms with van der Waals surface area (Å²) in [5.41, 5.74) is 1.20. The van der Waals surface area contributed by atoms with Gasteiger partial charge < -0.3 is 10.6 Å². The lowest BCUT2D eigenvalue weighted by atomic mass is 10.1. The van der Waals surface area contributed by atoms with E-state index in [1.54, 1.807) is 11.3 Å². The van der Waals surface area contributed by atoms with Crippen LogP contribution in [0.5, 0.6) is 0 Å². The van der Waals surface area contributed by atoms with Crippen molar-refractivity contribution in [2.45, 2.75) is 19.9 Å². The third-order valence-corrected chi connectivity index (χ3v) is 3.76. The third kappa shape index (κ3) is 2.41. The van der Waals surface area contributed by atoms with Crippen molar-refractivity contribution < 1.29 is 9.59 Å². The quantitative estimate of drug-likeness (QED) is 0.818. The largest absolute Gasteiger partial charge is 0.355 e. The summed E-state index contributed by atoms with van der Waals surface area (Å²) >= 11 is 1.64. The first-order valence-corrected chi connectivity index (χ1v) is 6.12. The van der Waals surface area contributed by atoms with Gasteiger partial charge >= 0.3 is 0 Å². The summed E-state index contributed by atoms with van der Waals surface area (Å²) in [6, 6.07) is 2.03. The van der Waals surface area contributed by atoms with Gasteiger partial charge in [-0.2, -0.15) is 0 Å². The van der Waals surface area contributed by atoms with E-state index in [-0.39, 0.29) is 17.7 Å². The zero-order chi connectivity index (χ0) is 11.5. The van der Waals surface area contributed by atoms with E-state index in [0.717, 1.165) is 0 Å². The zero-order valence-electron chi connectivity index (χ0n) is 9.08. The number of thiophene rings is 1. The molecule has 0 spiro atoms. The lowest BCUT2D eigenvalue weighted by molar-refractivity contribution is -0.126. The van der Waals surface area contributed by atoms with Crippen LogP contribution in [-0.4, -0.2) is 18.4 Å². The molecule has 1 fully saturated rings. The van der Waals surface area contributed by atoms with Gasteiger partial charge in [-0.3, -0.25) is 9.59 Å². The van der Waals surface area contributed by atoms with Gasteiger partial charge in [0, 0.05) is 17.8 Å². The van der Waals surface area contributed by atoms with E-state index < -0.39 is 0 Å². The van der Waals surface area contributed by atoms with Crippen molar-refractivity contribution in [2.24, 2.45) is 5.92 Å². The third-order valence-electron chi connectivity index (χ3n) is 2.74. The smallest absolute Gasteiger partial charge is 0.225 e. The predicted molar refractivity (Wildman–Crippen MR) is 62.0 cm³/mol. The van der Waals surface area contributed by atoms with Gasteiger partial charge in [-0.05, 0) is 23.9 Å². The fraction of sp³-hybridized carbons (Fsp3) is 0.455. The topological polar surface area (TPSA) is 58.2 Å². The number of hydrogen-bond donors (Lipinski definition) is 2. The molecule has 1 aliphatic heterocycles. The van der Waals surface area contributed by atoms with E-state index in [1.165, 1.54) is 10.4 Å². The first-order valence-electron chi connectivity index (χ1n) is 5.24. The molecule has 2 amide bonds. The first kappa shape index (κ1) is 11.1. The van der Waals surface area contributed by atoms with Gasteiger partial charge in [0.2, 0.25) is 11.8 Å². The molecule has 0 aliphatic carbocycles. The number of aryl methyl sites for hydroxylation is 1. The monoisotopic (exact) mass is 238 g/mol. The maximum atomic E-state index is 11.7. The van der Waals surface area contributed by atoms with Crippen LogP contribution < -0.4 is 10.6 Å². The van der Waals surface area contributed by atoms with Crippen LogP contribution in [0.3, 0.4) is 0 Å². The highest BCUT2D eigenvalue weighted by molar-refractivity contribution is 7.10. The minimum atomic E-state index is -0.201. The molecule has 2 rings (SSSR count). The fourth-order valence-corrected chi connectivity index (χ4v) is 2.53. The van der Waals surface area contributed by atoms with Crippen LogP contribution in [-0.2, 0) is 16.1 Å². The first-order chi connectivity index (χ1) is 7.66. The maximum Gasteiger partial charge on any atom is 0.225 e. The van der Waals surface area contributed by atoms with Crippen LogP contribution >= 0.6 is 11.3 Å². The Labute approximate surface area is 98.0 Å². The number of carbonyl (C=O) groups is 2. The Kier molecular flexibility index (Phi) is 3.24. The molecule has 1 atom stereocenters. The summed E-state index contributed by atoms with van der Waals surface area (Å²) in [6.45, 7) is 3.06. The number of nitrogens with one attached hydrogen (secondary N) is 2. The second-order valence-electron chi connectivity index (χ2n) is 3.95. The van der Waals surface area contributed by atoms with E-state index in [4.69, 9.17) is 0 Å². The Morgan fingerprint density at radius 3 is 3.06 bits per heavy atom. The van der Waals surface area contributed by atoms with Crippen LogP contribution in [0, 0.1) is 12.8 Å². The minimum absolute atomic E-state index is 0.0348. The Balaban J connectivity index is 1.84. The van der Waals surface area contributed by atoms with Gasteiger partial charge in [-0.1, -0.05) is 0 Å². The Morgan fingerprint density at radius 2 is 2.50 bits per heavy atom. The van der Waals surface area contributed by atoms with Gasteiger partial charge in [-0.25, -0.2) is 0 Å². The SMILES string of the molecule is Cc1ccsc1CNC(=O)C1CNC(=O)C1. The second kappa shape index (κ2) is 4.65. The summed E-state index contributed by atoms with van der Waals surface area (Å²) in [7, 11) is 0. The summed E-state index contributed by atoms with van der Waals surface area (Å²) in [5, 5.41) is 7.54. The molecule has 1 aromatic rings. The summed E-state index contributed by atoms with van der Waals surface area (Å²) < 4.78 is 0. The predicted octanol–water partition coefficient (Wildman–Crippen LogP) is 0.809. The van der Waals surface area contributed by atoms with Gasteiger partial charge in [0.1, 0.15) is 0 Å². The van der Waals surface area contributed by atoms with Crippen LogP contribution in [0.25, 0.3) is 0 Å². The number of hydrogen-bond acceptors (Lipinski definition) is 3. The fourth-order valence-electron chi connectivity index (χ4n) is 1.69. The molecule has 0 radical (unpaired) electrons. The van der Waals surface area contributed by atoms with Crippen LogP contribution in [0.15, 0.2) is 11.4 Å². The van der Waals surface area contributed by atoms with Gasteiger partial charge in [0.25, 0.3) is 0 Å². The van der Waals surface area contributed by atoms with E-state index in [2.05, 4.69) is 10.6 Å². The molecule has 0 aromatic carbocycles. The molecule has 1 unspecified atom stereocenters. The molecule has 2 heterocycles. The zero-order valence-corrected chi connectivity index (χ0v) is 9.89. The molecule has 1 aromatic heterocycles. The summed E-state index contributed by atoms with van der Waals surface area (Å²) in [4.78, 5) is 23.8. The molecule has 4 nitrogen and oxygen atoms in total. The van der Waals surface area contributed by atoms with E-state index in [9.17, 15) is 9.59 Å². The Hall–Kier alpha value is -1.36. The maximum absolute atomic E-state index is 11.7. The van der Waals surface area contributed by atoms with Crippen molar-refractivity contribution in [3.63, 3.8) is 0 Å². The van der Waals surface area contributed by atoms with Crippen LogP contribution in [0.4, 0.5) is 0 Å². The lowest BCUT2D eigenvalue weighted by Gasteiger charge is -2.08. The van der Waals surface area contributed by atoms with Crippen molar-refractivity contribution in [2.75, 3.05) is 6.54 Å². The standard InChI is InChI=1S/C11H14N2O2S/c1-7-2-3-16-9(7)6-13-11(15)8-4-10(14)12-5-8/h2-3,8H,4-6H2,1H3,(H,12,14)(H,13,15). The van der Waals surface area contributed by atoms with Crippen LogP contribution in [0.2, 0.25) is 0 Å². The van der Waals surface area contributed by atoms with Crippen molar-refractivity contribution in [3.05, 3.63) is 21.9 Å². The molecule has 2 N–H and O–H groups in total. The molecular formula is C11H14N2O2S. The molecule has 1 saturated heterocycles. The normalized spacial score (nSPS) is 19.6. The van der Waals surface area contributed by atoms with E-state index >= 15 is 0 Å². The molecule has 0 saturated carbocycles. The average molecular weight is 238 g/mol. The van der Waals surface area contributed by atoms with Crippen LogP contribution in [0.1, 0.15) is 16.9 Å². The highest BCUT2D eigenvalue weighted by atomic mass is 32.1. The summed E-state index contributed by atoms with van der Waals surface area (Å²) in [6.07, 6.45) is 0.315. The molecule has 5 heteroatoms. The van der Waals surface area contributed by atoms with Crippen molar-refractivity contribution in [1.82, 2.24) is 10.6 Å². The Morgan fingerprint density at radius 1 is 1.69 bits per heavy atom. The highest BCUT2D eigenvalue weighted by Crippen LogP contribution is 2.15. The number of rotatable bonds is 3. The van der Waals surface area contributed by atoms with E-state index in [1.807, 2.05) is 18.4 Å². The molecule has 86 valence electrons. The average Bonchev–Trinajstić information content (AvgIpc) is 2.84. The van der Waals surface area contributed by atoms with E-state index in [0.29, 0.717) is 19.5 Å². The minimum Gasteiger partial charge on any atom is -0.355 e. The summed E-state index contributed by atoms with van der Waals surface area (Å²) in [5.74, 6) is -0.272. The van der Waals surface area contributed by atoms with Crippen molar-refractivity contribution in [1.29, 1.82) is 0 Å². The second-order valence-corrected chi connectivity index (χ2v) is 4.95. The molecule has 0 bridgehead atoms. The van der Waals surface area contributed by atoms with Crippen molar-refractivity contribution >= 4 is 23.2 Å². The van der Waals surface area contributed by atoms with Gasteiger partial charge in [0.15, 0.2) is 0 Å². The lowest BCUT2D eigenvalue weighted by Crippen LogP contribution is -2.31. The van der Waals surface area contributed by atoms with Gasteiger partial charge in [0.05, 0.1) is 12.5 Å². The Bertz CT molecular complexity index is 414. The molecular weight excluding hydrogens is 224 g/mol. The van der Waals surface area contributed by atoms with Gasteiger partial charge in [-0.15, -0.1) is 11.3 Å². The highest BCUT2D eigenvalue weighted by Gasteiger charge is 2.27.